The zero-order chi connectivity index (χ0) is 16.3. The van der Waals surface area contributed by atoms with Crippen molar-refractivity contribution in [3.05, 3.63) is 0 Å². The van der Waals surface area contributed by atoms with E-state index in [9.17, 15) is 13.2 Å². The van der Waals surface area contributed by atoms with E-state index in [4.69, 9.17) is 0 Å². The summed E-state index contributed by atoms with van der Waals surface area (Å²) in [6, 6.07) is 0.150. The Balaban J connectivity index is 2.64. The van der Waals surface area contributed by atoms with E-state index in [1.54, 1.807) is 13.8 Å². The minimum Gasteiger partial charge on any atom is -0.336 e. The number of rotatable bonds is 5. The lowest BCUT2D eigenvalue weighted by atomic mass is 9.94. The number of piperidine rings is 1. The minimum atomic E-state index is -3.19. The number of urea groups is 1. The van der Waals surface area contributed by atoms with E-state index < -0.39 is 14.6 Å². The molecule has 1 atom stereocenters. The number of nitrogens with zero attached hydrogens (tertiary/aromatic N) is 1. The number of likely N-dealkylation sites (tertiary alicyclic amines) is 1. The van der Waals surface area contributed by atoms with Crippen molar-refractivity contribution in [2.24, 2.45) is 5.92 Å². The molecule has 5 nitrogen and oxygen atoms in total. The highest BCUT2D eigenvalue weighted by atomic mass is 32.2. The maximum atomic E-state index is 12.4. The summed E-state index contributed by atoms with van der Waals surface area (Å²) < 4.78 is 22.4. The van der Waals surface area contributed by atoms with Crippen LogP contribution >= 0.6 is 0 Å². The quantitative estimate of drug-likeness (QED) is 0.846. The molecule has 0 bridgehead atoms. The number of carbonyl (C=O) groups is 1. The second-order valence-corrected chi connectivity index (χ2v) is 9.81. The van der Waals surface area contributed by atoms with E-state index in [-0.39, 0.29) is 18.6 Å². The Labute approximate surface area is 129 Å². The summed E-state index contributed by atoms with van der Waals surface area (Å²) in [6.45, 7) is 8.53. The van der Waals surface area contributed by atoms with Gasteiger partial charge in [-0.25, -0.2) is 13.2 Å². The largest absolute Gasteiger partial charge is 0.336 e. The fourth-order valence-electron chi connectivity index (χ4n) is 2.58. The second kappa shape index (κ2) is 6.99. The fraction of sp³-hybridized carbons (Fsp3) is 0.933. The molecule has 6 heteroatoms. The highest BCUT2D eigenvalue weighted by Crippen LogP contribution is 2.23. The highest BCUT2D eigenvalue weighted by Gasteiger charge is 2.33. The first kappa shape index (κ1) is 18.3. The van der Waals surface area contributed by atoms with Crippen molar-refractivity contribution in [3.63, 3.8) is 0 Å². The molecule has 1 N–H and O–H groups in total. The molecule has 2 amide bonds. The third-order valence-electron chi connectivity index (χ3n) is 4.30. The van der Waals surface area contributed by atoms with Gasteiger partial charge in [-0.2, -0.15) is 0 Å². The van der Waals surface area contributed by atoms with E-state index >= 15 is 0 Å². The lowest BCUT2D eigenvalue weighted by Gasteiger charge is -2.37. The van der Waals surface area contributed by atoms with Crippen LogP contribution < -0.4 is 5.32 Å². The number of carbonyl (C=O) groups excluding carboxylic acids is 1. The summed E-state index contributed by atoms with van der Waals surface area (Å²) >= 11 is 0. The Bertz CT molecular complexity index is 458. The Morgan fingerprint density at radius 3 is 2.48 bits per heavy atom. The predicted octanol–water partition coefficient (Wildman–Crippen LogP) is 2.42. The van der Waals surface area contributed by atoms with Crippen LogP contribution in [0.5, 0.6) is 0 Å². The predicted molar refractivity (Wildman–Crippen MR) is 86.1 cm³/mol. The molecule has 0 unspecified atom stereocenters. The van der Waals surface area contributed by atoms with E-state index in [0.717, 1.165) is 32.2 Å². The summed E-state index contributed by atoms with van der Waals surface area (Å²) in [5.74, 6) is 0.552. The van der Waals surface area contributed by atoms with Crippen LogP contribution in [-0.2, 0) is 9.84 Å². The van der Waals surface area contributed by atoms with Crippen molar-refractivity contribution in [2.45, 2.75) is 64.2 Å². The lowest BCUT2D eigenvalue weighted by Crippen LogP contribution is -2.52. The minimum absolute atomic E-state index is 0.128. The molecule has 0 aromatic rings. The summed E-state index contributed by atoms with van der Waals surface area (Å²) in [5, 5.41) is 2.81. The van der Waals surface area contributed by atoms with Gasteiger partial charge in [-0.3, -0.25) is 0 Å². The van der Waals surface area contributed by atoms with Crippen LogP contribution in [0.3, 0.4) is 0 Å². The van der Waals surface area contributed by atoms with Crippen molar-refractivity contribution in [1.29, 1.82) is 0 Å². The Kier molecular flexibility index (Phi) is 6.08. The van der Waals surface area contributed by atoms with Crippen molar-refractivity contribution in [3.8, 4) is 0 Å². The molecule has 0 aliphatic carbocycles. The molecule has 124 valence electrons. The van der Waals surface area contributed by atoms with Crippen LogP contribution in [0.2, 0.25) is 0 Å². The van der Waals surface area contributed by atoms with Gasteiger partial charge in [0, 0.05) is 25.4 Å². The molecule has 1 heterocycles. The fourth-order valence-corrected chi connectivity index (χ4v) is 2.91. The van der Waals surface area contributed by atoms with Crippen LogP contribution in [0.15, 0.2) is 0 Å². The summed E-state index contributed by atoms with van der Waals surface area (Å²) in [4.78, 5) is 14.3. The number of amides is 2. The molecule has 1 rings (SSSR count). The second-order valence-electron chi connectivity index (χ2n) is 7.16. The van der Waals surface area contributed by atoms with E-state index in [2.05, 4.69) is 19.2 Å². The molecular formula is C15H30N2O3S. The molecule has 0 saturated carbocycles. The van der Waals surface area contributed by atoms with Crippen molar-refractivity contribution in [1.82, 2.24) is 10.2 Å². The first-order valence-electron chi connectivity index (χ1n) is 7.78. The van der Waals surface area contributed by atoms with Crippen molar-refractivity contribution in [2.75, 3.05) is 19.3 Å². The molecule has 1 saturated heterocycles. The molecule has 0 spiro atoms. The number of nitrogens with one attached hydrogen (secondary N) is 1. The van der Waals surface area contributed by atoms with E-state index in [0.29, 0.717) is 5.92 Å². The van der Waals surface area contributed by atoms with Crippen LogP contribution in [-0.4, -0.2) is 49.5 Å². The molecule has 0 radical (unpaired) electrons. The molecular weight excluding hydrogens is 288 g/mol. The van der Waals surface area contributed by atoms with Crippen molar-refractivity contribution >= 4 is 15.9 Å². The average molecular weight is 318 g/mol. The number of hydrogen-bond donors (Lipinski definition) is 1. The van der Waals surface area contributed by atoms with Gasteiger partial charge in [0.25, 0.3) is 0 Å². The smallest absolute Gasteiger partial charge is 0.317 e. The molecule has 21 heavy (non-hydrogen) atoms. The topological polar surface area (TPSA) is 66.5 Å². The third-order valence-corrected chi connectivity index (χ3v) is 6.45. The number of hydrogen-bond acceptors (Lipinski definition) is 3. The van der Waals surface area contributed by atoms with Gasteiger partial charge in [-0.15, -0.1) is 0 Å². The standard InChI is InChI=1S/C15H30N2O3S/c1-12(2)10-13-8-6-7-9-17(13)14(18)16-11-15(3,4)21(5,19)20/h12-13H,6-11H2,1-5H3,(H,16,18)/t13-/m0/s1. The highest BCUT2D eigenvalue weighted by molar-refractivity contribution is 7.92. The summed E-state index contributed by atoms with van der Waals surface area (Å²) in [6.07, 6.45) is 5.44. The first-order valence-corrected chi connectivity index (χ1v) is 9.68. The van der Waals surface area contributed by atoms with Gasteiger partial charge in [0.1, 0.15) is 0 Å². The maximum absolute atomic E-state index is 12.4. The first-order chi connectivity index (χ1) is 9.54. The Morgan fingerprint density at radius 1 is 1.33 bits per heavy atom. The summed E-state index contributed by atoms with van der Waals surface area (Å²) in [7, 11) is -3.19. The molecule has 1 aliphatic heterocycles. The third kappa shape index (κ3) is 5.16. The van der Waals surface area contributed by atoms with Gasteiger partial charge < -0.3 is 10.2 Å². The van der Waals surface area contributed by atoms with Gasteiger partial charge in [0.15, 0.2) is 9.84 Å². The number of sulfone groups is 1. The van der Waals surface area contributed by atoms with Gasteiger partial charge in [-0.05, 0) is 45.4 Å². The van der Waals surface area contributed by atoms with E-state index in [1.165, 1.54) is 6.26 Å². The summed E-state index contributed by atoms with van der Waals surface area (Å²) in [5.41, 5.74) is 0. The Hall–Kier alpha value is -0.780. The normalized spacial score (nSPS) is 20.7. The zero-order valence-electron chi connectivity index (χ0n) is 14.0. The molecule has 0 aromatic heterocycles. The monoisotopic (exact) mass is 318 g/mol. The zero-order valence-corrected chi connectivity index (χ0v) is 14.8. The van der Waals surface area contributed by atoms with Gasteiger partial charge in [-0.1, -0.05) is 13.8 Å². The van der Waals surface area contributed by atoms with Crippen molar-refractivity contribution < 1.29 is 13.2 Å². The maximum Gasteiger partial charge on any atom is 0.317 e. The lowest BCUT2D eigenvalue weighted by molar-refractivity contribution is 0.139. The van der Waals surface area contributed by atoms with Gasteiger partial charge in [0.2, 0.25) is 0 Å². The van der Waals surface area contributed by atoms with Crippen LogP contribution in [0.1, 0.15) is 53.4 Å². The SMILES string of the molecule is CC(C)C[C@@H]1CCCCN1C(=O)NCC(C)(C)S(C)(=O)=O. The van der Waals surface area contributed by atoms with Gasteiger partial charge in [0.05, 0.1) is 4.75 Å². The molecule has 1 fully saturated rings. The van der Waals surface area contributed by atoms with Crippen LogP contribution in [0.25, 0.3) is 0 Å². The molecule has 1 aliphatic rings. The van der Waals surface area contributed by atoms with Gasteiger partial charge >= 0.3 is 6.03 Å². The Morgan fingerprint density at radius 2 is 1.95 bits per heavy atom. The van der Waals surface area contributed by atoms with Crippen LogP contribution in [0.4, 0.5) is 4.79 Å². The molecule has 0 aromatic carbocycles. The van der Waals surface area contributed by atoms with E-state index in [1.807, 2.05) is 4.90 Å². The van der Waals surface area contributed by atoms with Crippen LogP contribution in [0, 0.1) is 5.92 Å². The average Bonchev–Trinajstić information content (AvgIpc) is 2.34.